The third-order valence-corrected chi connectivity index (χ3v) is 4.81. The lowest BCUT2D eigenvalue weighted by Crippen LogP contribution is -2.18. The number of rotatable bonds is 5. The molecule has 0 aliphatic heterocycles. The lowest BCUT2D eigenvalue weighted by molar-refractivity contribution is 0.393. The van der Waals surface area contributed by atoms with Crippen molar-refractivity contribution in [1.82, 2.24) is 5.32 Å². The van der Waals surface area contributed by atoms with Crippen LogP contribution in [0.25, 0.3) is 0 Å². The number of hydrogen-bond acceptors (Lipinski definition) is 4. The van der Waals surface area contributed by atoms with Gasteiger partial charge in [-0.15, -0.1) is 0 Å². The minimum absolute atomic E-state index is 0.0817. The van der Waals surface area contributed by atoms with Crippen molar-refractivity contribution in [2.24, 2.45) is 0 Å². The predicted octanol–water partition coefficient (Wildman–Crippen LogP) is 4.15. The Balaban J connectivity index is 2.56. The van der Waals surface area contributed by atoms with Gasteiger partial charge >= 0.3 is 0 Å². The van der Waals surface area contributed by atoms with E-state index in [2.05, 4.69) is 38.9 Å². The summed E-state index contributed by atoms with van der Waals surface area (Å²) < 4.78 is 11.8. The van der Waals surface area contributed by atoms with Gasteiger partial charge in [-0.3, -0.25) is 0 Å². The Bertz CT molecular complexity index is 598. The number of hydrogen-bond donors (Lipinski definition) is 1. The van der Waals surface area contributed by atoms with Crippen molar-refractivity contribution in [1.29, 1.82) is 0 Å². The van der Waals surface area contributed by atoms with Crippen LogP contribution in [0.1, 0.15) is 22.7 Å². The van der Waals surface area contributed by atoms with E-state index >= 15 is 0 Å². The smallest absolute Gasteiger partial charge is 0.133 e. The van der Waals surface area contributed by atoms with E-state index in [9.17, 15) is 0 Å². The highest BCUT2D eigenvalue weighted by Gasteiger charge is 2.21. The van der Waals surface area contributed by atoms with Crippen molar-refractivity contribution in [3.8, 4) is 11.5 Å². The van der Waals surface area contributed by atoms with Crippen LogP contribution in [0.5, 0.6) is 11.5 Å². The molecule has 1 heterocycles. The first-order valence-corrected chi connectivity index (χ1v) is 7.97. The minimum atomic E-state index is 0.0817. The molecule has 108 valence electrons. The topological polar surface area (TPSA) is 30.5 Å². The van der Waals surface area contributed by atoms with E-state index in [0.717, 1.165) is 21.5 Å². The fourth-order valence-corrected chi connectivity index (χ4v) is 3.62. The van der Waals surface area contributed by atoms with Gasteiger partial charge < -0.3 is 14.8 Å². The number of nitrogens with one attached hydrogen (secondary N) is 1. The Morgan fingerprint density at radius 3 is 2.30 bits per heavy atom. The highest BCUT2D eigenvalue weighted by Crippen LogP contribution is 2.39. The zero-order valence-electron chi connectivity index (χ0n) is 12.0. The molecule has 1 N–H and O–H groups in total. The molecule has 1 aromatic carbocycles. The molecule has 0 spiro atoms. The van der Waals surface area contributed by atoms with Crippen LogP contribution in [0.3, 0.4) is 0 Å². The molecule has 0 saturated carbocycles. The van der Waals surface area contributed by atoms with Gasteiger partial charge in [0.1, 0.15) is 11.5 Å². The van der Waals surface area contributed by atoms with Crippen molar-refractivity contribution >= 4 is 27.3 Å². The second kappa shape index (κ2) is 6.61. The summed E-state index contributed by atoms with van der Waals surface area (Å²) in [6.07, 6.45) is 0. The summed E-state index contributed by atoms with van der Waals surface area (Å²) in [4.78, 5) is 0. The van der Waals surface area contributed by atoms with Gasteiger partial charge in [-0.2, -0.15) is 11.3 Å². The van der Waals surface area contributed by atoms with E-state index in [1.54, 1.807) is 25.6 Å². The van der Waals surface area contributed by atoms with Crippen LogP contribution in [-0.4, -0.2) is 21.3 Å². The summed E-state index contributed by atoms with van der Waals surface area (Å²) in [5.41, 5.74) is 3.61. The average molecular weight is 356 g/mol. The van der Waals surface area contributed by atoms with E-state index in [4.69, 9.17) is 9.47 Å². The largest absolute Gasteiger partial charge is 0.496 e. The molecule has 0 saturated heterocycles. The molecule has 2 aromatic rings. The molecule has 0 amide bonds. The maximum atomic E-state index is 5.52. The standard InChI is InChI=1S/C15H18BrNO2S/c1-9-7-20-8-11(9)15(17-2)10-5-14(19-4)12(16)6-13(10)18-3/h5-8,15,17H,1-4H3. The summed E-state index contributed by atoms with van der Waals surface area (Å²) in [6, 6.07) is 4.04. The number of thiophene rings is 1. The van der Waals surface area contributed by atoms with Crippen molar-refractivity contribution in [3.05, 3.63) is 44.1 Å². The zero-order chi connectivity index (χ0) is 14.7. The molecule has 3 nitrogen and oxygen atoms in total. The van der Waals surface area contributed by atoms with Gasteiger partial charge in [0.2, 0.25) is 0 Å². The van der Waals surface area contributed by atoms with Gasteiger partial charge in [-0.1, -0.05) is 0 Å². The first-order chi connectivity index (χ1) is 9.62. The summed E-state index contributed by atoms with van der Waals surface area (Å²) in [7, 11) is 5.31. The molecule has 2 rings (SSSR count). The maximum absolute atomic E-state index is 5.52. The quantitative estimate of drug-likeness (QED) is 0.873. The second-order valence-electron chi connectivity index (χ2n) is 4.46. The molecular weight excluding hydrogens is 338 g/mol. The van der Waals surface area contributed by atoms with E-state index in [-0.39, 0.29) is 6.04 Å². The normalized spacial score (nSPS) is 12.2. The Labute approximate surface area is 132 Å². The maximum Gasteiger partial charge on any atom is 0.133 e. The first-order valence-electron chi connectivity index (χ1n) is 6.23. The molecule has 0 bridgehead atoms. The monoisotopic (exact) mass is 355 g/mol. The summed E-state index contributed by atoms with van der Waals surface area (Å²) >= 11 is 5.20. The van der Waals surface area contributed by atoms with Crippen LogP contribution in [0, 0.1) is 6.92 Å². The molecular formula is C15H18BrNO2S. The highest BCUT2D eigenvalue weighted by molar-refractivity contribution is 9.10. The summed E-state index contributed by atoms with van der Waals surface area (Å²) in [5.74, 6) is 1.64. The van der Waals surface area contributed by atoms with Gasteiger partial charge in [-0.25, -0.2) is 0 Å². The van der Waals surface area contributed by atoms with Gasteiger partial charge in [0.05, 0.1) is 24.7 Å². The molecule has 1 unspecified atom stereocenters. The Morgan fingerprint density at radius 1 is 1.10 bits per heavy atom. The first kappa shape index (κ1) is 15.4. The Kier molecular flexibility index (Phi) is 5.07. The molecule has 0 fully saturated rings. The van der Waals surface area contributed by atoms with Crippen molar-refractivity contribution in [2.45, 2.75) is 13.0 Å². The molecule has 0 aliphatic carbocycles. The number of ether oxygens (including phenoxy) is 2. The van der Waals surface area contributed by atoms with Crippen molar-refractivity contribution in [3.63, 3.8) is 0 Å². The summed E-state index contributed by atoms with van der Waals surface area (Å²) in [6.45, 7) is 2.12. The summed E-state index contributed by atoms with van der Waals surface area (Å²) in [5, 5.41) is 7.69. The fourth-order valence-electron chi connectivity index (χ4n) is 2.25. The van der Waals surface area contributed by atoms with E-state index in [0.29, 0.717) is 0 Å². The highest BCUT2D eigenvalue weighted by atomic mass is 79.9. The van der Waals surface area contributed by atoms with Gasteiger partial charge in [0.15, 0.2) is 0 Å². The number of methoxy groups -OCH3 is 2. The van der Waals surface area contributed by atoms with Crippen LogP contribution < -0.4 is 14.8 Å². The van der Waals surface area contributed by atoms with Crippen LogP contribution in [0.2, 0.25) is 0 Å². The number of aryl methyl sites for hydroxylation is 1. The van der Waals surface area contributed by atoms with Crippen LogP contribution in [0.15, 0.2) is 27.4 Å². The Hall–Kier alpha value is -1.04. The van der Waals surface area contributed by atoms with Crippen LogP contribution in [-0.2, 0) is 0 Å². The lowest BCUT2D eigenvalue weighted by atomic mass is 9.97. The minimum Gasteiger partial charge on any atom is -0.496 e. The van der Waals surface area contributed by atoms with E-state index in [1.165, 1.54) is 11.1 Å². The molecule has 0 aliphatic rings. The number of halogens is 1. The molecule has 20 heavy (non-hydrogen) atoms. The van der Waals surface area contributed by atoms with E-state index < -0.39 is 0 Å². The fraction of sp³-hybridized carbons (Fsp3) is 0.333. The average Bonchev–Trinajstić information content (AvgIpc) is 2.87. The van der Waals surface area contributed by atoms with Gasteiger partial charge in [0, 0.05) is 5.56 Å². The SMILES string of the molecule is CNC(c1cscc1C)c1cc(OC)c(Br)cc1OC. The van der Waals surface area contributed by atoms with Gasteiger partial charge in [0.25, 0.3) is 0 Å². The van der Waals surface area contributed by atoms with E-state index in [1.807, 2.05) is 19.2 Å². The predicted molar refractivity (Wildman–Crippen MR) is 87.2 cm³/mol. The molecule has 1 atom stereocenters. The third-order valence-electron chi connectivity index (χ3n) is 3.31. The number of benzene rings is 1. The molecule has 1 aromatic heterocycles. The van der Waals surface area contributed by atoms with Gasteiger partial charge in [-0.05, 0) is 63.9 Å². The van der Waals surface area contributed by atoms with Crippen molar-refractivity contribution < 1.29 is 9.47 Å². The Morgan fingerprint density at radius 2 is 1.80 bits per heavy atom. The van der Waals surface area contributed by atoms with Crippen LogP contribution in [0.4, 0.5) is 0 Å². The molecule has 0 radical (unpaired) electrons. The lowest BCUT2D eigenvalue weighted by Gasteiger charge is -2.21. The third kappa shape index (κ3) is 2.85. The second-order valence-corrected chi connectivity index (χ2v) is 6.06. The molecule has 5 heteroatoms. The zero-order valence-corrected chi connectivity index (χ0v) is 14.4. The van der Waals surface area contributed by atoms with Crippen LogP contribution >= 0.6 is 27.3 Å². The van der Waals surface area contributed by atoms with Crippen molar-refractivity contribution in [2.75, 3.05) is 21.3 Å².